The summed E-state index contributed by atoms with van der Waals surface area (Å²) in [5.41, 5.74) is 26.4. The number of hydrogen-bond donors (Lipinski definition) is 4. The predicted octanol–water partition coefficient (Wildman–Crippen LogP) is 8.41. The minimum atomic E-state index is -0.427. The second-order valence-corrected chi connectivity index (χ2v) is 15.9. The Balaban J connectivity index is 0.000000203. The summed E-state index contributed by atoms with van der Waals surface area (Å²) in [6, 6.07) is 38.7. The summed E-state index contributed by atoms with van der Waals surface area (Å²) in [7, 11) is 2.62. The Morgan fingerprint density at radius 1 is 0.692 bits per heavy atom. The highest BCUT2D eigenvalue weighted by molar-refractivity contribution is 14.1. The van der Waals surface area contributed by atoms with Gasteiger partial charge in [0.1, 0.15) is 0 Å². The van der Waals surface area contributed by atoms with Crippen LogP contribution in [0.1, 0.15) is 91.3 Å². The Labute approximate surface area is 390 Å². The molecule has 1 heterocycles. The van der Waals surface area contributed by atoms with Crippen molar-refractivity contribution in [1.29, 1.82) is 0 Å². The molecule has 0 unspecified atom stereocenters. The van der Waals surface area contributed by atoms with Crippen molar-refractivity contribution in [3.8, 4) is 0 Å². The number of nitrogens with zero attached hydrogens (tertiary/aromatic N) is 1. The fourth-order valence-corrected chi connectivity index (χ4v) is 7.28. The number of fused-ring (bicyclic) bond motifs is 1. The summed E-state index contributed by atoms with van der Waals surface area (Å²) in [5.74, 6) is -1.18. The second-order valence-electron chi connectivity index (χ2n) is 14.7. The molecule has 6 aromatic rings. The number of methoxy groups -OCH3 is 2. The molecule has 7 N–H and O–H groups in total. The van der Waals surface area contributed by atoms with Crippen LogP contribution >= 0.6 is 22.6 Å². The van der Waals surface area contributed by atoms with Gasteiger partial charge in [-0.1, -0.05) is 79.4 Å². The third-order valence-electron chi connectivity index (χ3n) is 10.2. The number of carbonyl (C=O) groups excluding carboxylic acids is 6. The fraction of sp³-hybridized carbons (Fsp3) is 0.137. The van der Waals surface area contributed by atoms with E-state index in [1.807, 2.05) is 77.2 Å². The molecule has 0 aromatic heterocycles. The van der Waals surface area contributed by atoms with Crippen molar-refractivity contribution < 1.29 is 38.2 Å². The van der Waals surface area contributed by atoms with E-state index in [4.69, 9.17) is 17.2 Å². The van der Waals surface area contributed by atoms with Gasteiger partial charge in [-0.2, -0.15) is 0 Å². The number of para-hydroxylation sites is 3. The molecule has 65 heavy (non-hydrogen) atoms. The van der Waals surface area contributed by atoms with Gasteiger partial charge in [0.05, 0.1) is 36.7 Å². The molecule has 1 aliphatic rings. The maximum atomic E-state index is 13.0. The van der Waals surface area contributed by atoms with Crippen LogP contribution in [0.5, 0.6) is 0 Å². The first-order valence-corrected chi connectivity index (χ1v) is 21.2. The monoisotopic (exact) mass is 985 g/mol. The number of esters is 2. The lowest BCUT2D eigenvalue weighted by Gasteiger charge is -2.30. The van der Waals surface area contributed by atoms with Crippen molar-refractivity contribution in [2.45, 2.75) is 26.4 Å². The third kappa shape index (κ3) is 12.8. The zero-order valence-corrected chi connectivity index (χ0v) is 38.2. The zero-order chi connectivity index (χ0) is 47.2. The fourth-order valence-electron chi connectivity index (χ4n) is 6.55. The van der Waals surface area contributed by atoms with Gasteiger partial charge in [-0.05, 0) is 118 Å². The average Bonchev–Trinajstić information content (AvgIpc) is 3.32. The molecule has 1 aliphatic heterocycles. The highest BCUT2D eigenvalue weighted by Gasteiger charge is 2.27. The maximum Gasteiger partial charge on any atom is 0.338 e. The van der Waals surface area contributed by atoms with E-state index in [1.165, 1.54) is 27.2 Å². The molecule has 0 saturated carbocycles. The van der Waals surface area contributed by atoms with Gasteiger partial charge in [-0.3, -0.25) is 19.2 Å². The van der Waals surface area contributed by atoms with Crippen LogP contribution in [0.4, 0.5) is 17.1 Å². The molecular weight excluding hydrogens is 937 g/mol. The van der Waals surface area contributed by atoms with Crippen LogP contribution in [0.25, 0.3) is 5.57 Å². The number of nitrogens with one attached hydrogen (secondary N) is 1. The summed E-state index contributed by atoms with van der Waals surface area (Å²) in [6.45, 7) is 6.88. The number of ether oxygens (including phenoxy) is 2. The lowest BCUT2D eigenvalue weighted by atomic mass is 9.92. The van der Waals surface area contributed by atoms with E-state index in [9.17, 15) is 28.8 Å². The largest absolute Gasteiger partial charge is 0.465 e. The van der Waals surface area contributed by atoms with Crippen molar-refractivity contribution in [1.82, 2.24) is 4.90 Å². The van der Waals surface area contributed by atoms with Crippen molar-refractivity contribution >= 4 is 80.5 Å². The molecule has 6 aromatic carbocycles. The van der Waals surface area contributed by atoms with Gasteiger partial charge in [0, 0.05) is 57.6 Å². The minimum Gasteiger partial charge on any atom is -0.465 e. The van der Waals surface area contributed by atoms with Gasteiger partial charge < -0.3 is 36.9 Å². The normalized spacial score (nSPS) is 11.4. The lowest BCUT2D eigenvalue weighted by molar-refractivity contribution is 0.0585. The number of benzene rings is 6. The Bertz CT molecular complexity index is 2750. The van der Waals surface area contributed by atoms with E-state index in [0.29, 0.717) is 73.6 Å². The maximum absolute atomic E-state index is 13.0. The summed E-state index contributed by atoms with van der Waals surface area (Å²) in [4.78, 5) is 73.4. The van der Waals surface area contributed by atoms with Crippen LogP contribution in [0.3, 0.4) is 0 Å². The third-order valence-corrected chi connectivity index (χ3v) is 11.1. The summed E-state index contributed by atoms with van der Waals surface area (Å²) >= 11 is 1.97. The standard InChI is InChI=1S/C27H24N2O3.C14H15N3O.C10H9IO4/c1-17-15-29(27(32)23-12-11-21(18(2)30)13-24(17)23)16-19-7-9-20(10-8-19)26(31)14-22-5-3-4-6-25(22)28;15-9-10-5-7-11(8-6-10)14(18)17-13-4-2-1-3-12(13)16;1-14-9(12)6-3-4-7(8(11)5-6)10(13)15-2/h3-13H,1,14-16,28H2,2H3;1-8H,9,15-16H2,(H,17,18);3-5H,1-2H3. The highest BCUT2D eigenvalue weighted by Crippen LogP contribution is 2.29. The summed E-state index contributed by atoms with van der Waals surface area (Å²) in [5, 5.41) is 2.77. The molecule has 0 aliphatic carbocycles. The first-order chi connectivity index (χ1) is 31.1. The minimum absolute atomic E-state index is 0.00733. The molecule has 0 fully saturated rings. The topological polar surface area (TPSA) is 214 Å². The van der Waals surface area contributed by atoms with Gasteiger partial charge in [0.25, 0.3) is 11.8 Å². The van der Waals surface area contributed by atoms with E-state index in [-0.39, 0.29) is 29.8 Å². The van der Waals surface area contributed by atoms with Crippen molar-refractivity contribution in [2.24, 2.45) is 5.73 Å². The van der Waals surface area contributed by atoms with Crippen molar-refractivity contribution in [2.75, 3.05) is 37.5 Å². The molecule has 2 amide bonds. The second kappa shape index (κ2) is 22.8. The molecule has 13 nitrogen and oxygen atoms in total. The first-order valence-electron chi connectivity index (χ1n) is 20.1. The van der Waals surface area contributed by atoms with E-state index in [0.717, 1.165) is 27.8 Å². The number of halogens is 1. The Kier molecular flexibility index (Phi) is 17.0. The summed E-state index contributed by atoms with van der Waals surface area (Å²) in [6.07, 6.45) is 0.246. The van der Waals surface area contributed by atoms with Gasteiger partial charge in [-0.25, -0.2) is 9.59 Å². The number of hydrogen-bond acceptors (Lipinski definition) is 11. The number of rotatable bonds is 11. The molecule has 332 valence electrons. The molecular formula is C51H48IN5O8. The van der Waals surface area contributed by atoms with Crippen LogP contribution in [0.2, 0.25) is 0 Å². The van der Waals surface area contributed by atoms with Gasteiger partial charge >= 0.3 is 11.9 Å². The molecule has 0 saturated heterocycles. The molecule has 7 rings (SSSR count). The van der Waals surface area contributed by atoms with Gasteiger partial charge in [0.2, 0.25) is 0 Å². The van der Waals surface area contributed by atoms with Crippen molar-refractivity contribution in [3.05, 3.63) is 199 Å². The highest BCUT2D eigenvalue weighted by atomic mass is 127. The Morgan fingerprint density at radius 2 is 1.28 bits per heavy atom. The zero-order valence-electron chi connectivity index (χ0n) is 36.1. The average molecular weight is 986 g/mol. The number of Topliss-reactive ketones (excluding diaryl/α,β-unsaturated/α-hetero) is 2. The number of nitrogens with two attached hydrogens (primary N) is 3. The molecule has 14 heteroatoms. The van der Waals surface area contributed by atoms with E-state index in [1.54, 1.807) is 77.7 Å². The van der Waals surface area contributed by atoms with E-state index in [2.05, 4.69) is 21.4 Å². The number of anilines is 3. The molecule has 0 radical (unpaired) electrons. The van der Waals surface area contributed by atoms with Gasteiger partial charge in [-0.15, -0.1) is 0 Å². The van der Waals surface area contributed by atoms with Crippen LogP contribution in [-0.4, -0.2) is 61.0 Å². The van der Waals surface area contributed by atoms with E-state index < -0.39 is 11.9 Å². The molecule has 0 bridgehead atoms. The predicted molar refractivity (Wildman–Crippen MR) is 261 cm³/mol. The van der Waals surface area contributed by atoms with Gasteiger partial charge in [0.15, 0.2) is 11.6 Å². The lowest BCUT2D eigenvalue weighted by Crippen LogP contribution is -2.36. The smallest absolute Gasteiger partial charge is 0.338 e. The van der Waals surface area contributed by atoms with E-state index >= 15 is 0 Å². The van der Waals surface area contributed by atoms with Crippen molar-refractivity contribution in [3.63, 3.8) is 0 Å². The van der Waals surface area contributed by atoms with Crippen LogP contribution < -0.4 is 22.5 Å². The number of carbonyl (C=O) groups is 6. The molecule has 0 atom stereocenters. The summed E-state index contributed by atoms with van der Waals surface area (Å²) < 4.78 is 9.80. The number of nitrogen functional groups attached to an aromatic ring is 2. The quantitative estimate of drug-likeness (QED) is 0.0419. The van der Waals surface area contributed by atoms with Crippen LogP contribution in [-0.2, 0) is 29.0 Å². The van der Waals surface area contributed by atoms with Crippen LogP contribution in [0.15, 0.2) is 140 Å². The Hall–Kier alpha value is -7.43. The number of amides is 2. The Morgan fingerprint density at radius 3 is 1.88 bits per heavy atom. The van der Waals surface area contributed by atoms with Crippen LogP contribution in [0, 0.1) is 3.57 Å². The molecule has 0 spiro atoms. The SMILES string of the molecule is C=C1CN(Cc2ccc(C(=O)Cc3ccccc3N)cc2)C(=O)c2ccc(C(C)=O)cc21.COC(=O)c1ccc(C(=O)OC)c(I)c1.NCc1ccc(C(=O)Nc2ccccc2N)cc1. The first kappa shape index (κ1) is 48.6. The number of ketones is 2.